The van der Waals surface area contributed by atoms with Gasteiger partial charge in [-0.1, -0.05) is 12.1 Å². The van der Waals surface area contributed by atoms with Gasteiger partial charge in [0.05, 0.1) is 21.6 Å². The van der Waals surface area contributed by atoms with Crippen molar-refractivity contribution in [2.75, 3.05) is 0 Å². The second-order valence-corrected chi connectivity index (χ2v) is 5.71. The number of benzene rings is 2. The maximum Gasteiger partial charge on any atom is 0.417 e. The molecule has 0 saturated heterocycles. The topological polar surface area (TPSA) is 104 Å². The van der Waals surface area contributed by atoms with Crippen LogP contribution in [0.4, 0.5) is 43.4 Å². The number of hydrogen-bond donors (Lipinski definition) is 2. The average Bonchev–Trinajstić information content (AvgIpc) is 2.92. The maximum absolute atomic E-state index is 13.4. The number of para-hydroxylation sites is 1. The molecule has 0 saturated carbocycles. The Kier molecular flexibility index (Phi) is 4.68. The molecule has 3 rings (SSSR count). The monoisotopic (exact) mass is 418 g/mol. The van der Waals surface area contributed by atoms with Crippen molar-refractivity contribution in [3.05, 3.63) is 57.6 Å². The molecule has 29 heavy (non-hydrogen) atoms. The van der Waals surface area contributed by atoms with E-state index in [4.69, 9.17) is 0 Å². The van der Waals surface area contributed by atoms with Crippen LogP contribution in [0.5, 0.6) is 5.88 Å². The minimum atomic E-state index is -5.21. The number of aromatic nitrogens is 1. The summed E-state index contributed by atoms with van der Waals surface area (Å²) in [4.78, 5) is 12.2. The molecule has 1 heterocycles. The summed E-state index contributed by atoms with van der Waals surface area (Å²) in [5.74, 6) is -0.979. The summed E-state index contributed by atoms with van der Waals surface area (Å²) in [6.07, 6.45) is -10.3. The molecule has 2 N–H and O–H groups in total. The van der Waals surface area contributed by atoms with Crippen LogP contribution < -0.4 is 0 Å². The van der Waals surface area contributed by atoms with Crippen molar-refractivity contribution < 1.29 is 36.4 Å². The van der Waals surface area contributed by atoms with Gasteiger partial charge in [-0.2, -0.15) is 26.3 Å². The van der Waals surface area contributed by atoms with E-state index < -0.39 is 56.6 Å². The predicted molar refractivity (Wildman–Crippen MR) is 87.2 cm³/mol. The van der Waals surface area contributed by atoms with E-state index in [2.05, 4.69) is 10.2 Å². The van der Waals surface area contributed by atoms with Crippen molar-refractivity contribution >= 4 is 28.0 Å². The van der Waals surface area contributed by atoms with Gasteiger partial charge in [0.1, 0.15) is 0 Å². The van der Waals surface area contributed by atoms with Crippen LogP contribution in [0.15, 0.2) is 46.6 Å². The van der Waals surface area contributed by atoms with E-state index in [1.54, 1.807) is 0 Å². The summed E-state index contributed by atoms with van der Waals surface area (Å²) in [6, 6.07) is 5.17. The number of aromatic hydroxyl groups is 1. The van der Waals surface area contributed by atoms with Crippen LogP contribution in [0, 0.1) is 10.1 Å². The third kappa shape index (κ3) is 3.83. The fraction of sp³-hybridized carbons (Fsp3) is 0.125. The fourth-order valence-corrected chi connectivity index (χ4v) is 2.59. The van der Waals surface area contributed by atoms with Gasteiger partial charge < -0.3 is 10.1 Å². The van der Waals surface area contributed by atoms with E-state index in [-0.39, 0.29) is 11.8 Å². The van der Waals surface area contributed by atoms with Gasteiger partial charge in [0, 0.05) is 11.5 Å². The fourth-order valence-electron chi connectivity index (χ4n) is 2.59. The van der Waals surface area contributed by atoms with Gasteiger partial charge in [0.15, 0.2) is 11.4 Å². The van der Waals surface area contributed by atoms with Crippen molar-refractivity contribution in [3.63, 3.8) is 0 Å². The lowest BCUT2D eigenvalue weighted by molar-refractivity contribution is -0.384. The molecule has 7 nitrogen and oxygen atoms in total. The summed E-state index contributed by atoms with van der Waals surface area (Å²) < 4.78 is 78.9. The molecule has 0 fully saturated rings. The van der Waals surface area contributed by atoms with Gasteiger partial charge in [-0.3, -0.25) is 10.1 Å². The molecule has 3 aromatic rings. The van der Waals surface area contributed by atoms with Gasteiger partial charge in [0.25, 0.3) is 5.69 Å². The minimum absolute atomic E-state index is 0.112. The van der Waals surface area contributed by atoms with E-state index in [1.165, 1.54) is 12.1 Å². The minimum Gasteiger partial charge on any atom is -0.493 e. The molecular weight excluding hydrogens is 410 g/mol. The van der Waals surface area contributed by atoms with Gasteiger partial charge in [-0.05, 0) is 18.2 Å². The molecular formula is C16H8F6N4O3. The van der Waals surface area contributed by atoms with E-state index in [0.29, 0.717) is 6.07 Å². The van der Waals surface area contributed by atoms with Crippen LogP contribution in [0.2, 0.25) is 0 Å². The molecule has 152 valence electrons. The first-order chi connectivity index (χ1) is 13.4. The Labute approximate surface area is 156 Å². The number of H-pyrrole nitrogens is 1. The first-order valence-corrected chi connectivity index (χ1v) is 7.58. The lowest BCUT2D eigenvalue weighted by Gasteiger charge is -2.13. The van der Waals surface area contributed by atoms with E-state index in [9.17, 15) is 41.6 Å². The van der Waals surface area contributed by atoms with Crippen molar-refractivity contribution in [1.82, 2.24) is 4.98 Å². The third-order valence-corrected chi connectivity index (χ3v) is 3.82. The third-order valence-electron chi connectivity index (χ3n) is 3.82. The second kappa shape index (κ2) is 6.76. The number of azo groups is 1. The summed E-state index contributed by atoms with van der Waals surface area (Å²) in [5, 5.41) is 26.9. The highest BCUT2D eigenvalue weighted by Crippen LogP contribution is 2.46. The smallest absolute Gasteiger partial charge is 0.417 e. The molecule has 0 aliphatic carbocycles. The molecule has 0 radical (unpaired) electrons. The number of aromatic amines is 1. The number of alkyl halides is 6. The van der Waals surface area contributed by atoms with Crippen LogP contribution in [0.3, 0.4) is 0 Å². The molecule has 1 aromatic heterocycles. The Morgan fingerprint density at radius 2 is 1.66 bits per heavy atom. The normalized spacial score (nSPS) is 12.8. The van der Waals surface area contributed by atoms with Crippen molar-refractivity contribution in [1.29, 1.82) is 0 Å². The molecule has 0 spiro atoms. The zero-order valence-corrected chi connectivity index (χ0v) is 13.8. The maximum atomic E-state index is 13.4. The van der Waals surface area contributed by atoms with Gasteiger partial charge in [0.2, 0.25) is 5.88 Å². The standard InChI is InChI=1S/C16H8F6N4O3/c17-15(18,19)7-5-8(16(20,21)22)12-10(6-7)23-14(27)13(12)25-24-9-3-1-2-4-11(9)26(28)29/h1-6,23,27H. The number of halogens is 6. The quantitative estimate of drug-likeness (QED) is 0.228. The van der Waals surface area contributed by atoms with Crippen molar-refractivity contribution in [2.45, 2.75) is 12.4 Å². The lowest BCUT2D eigenvalue weighted by Crippen LogP contribution is -2.11. The number of nitro benzene ring substituents is 1. The number of nitrogens with zero attached hydrogens (tertiary/aromatic N) is 3. The molecule has 0 amide bonds. The van der Waals surface area contributed by atoms with Crippen molar-refractivity contribution in [2.24, 2.45) is 10.2 Å². The first-order valence-electron chi connectivity index (χ1n) is 7.58. The molecule has 0 aliphatic heterocycles. The van der Waals surface area contributed by atoms with Gasteiger partial charge in [-0.15, -0.1) is 10.2 Å². The molecule has 0 bridgehead atoms. The van der Waals surface area contributed by atoms with E-state index in [0.717, 1.165) is 12.1 Å². The largest absolute Gasteiger partial charge is 0.493 e. The zero-order valence-electron chi connectivity index (χ0n) is 13.8. The van der Waals surface area contributed by atoms with Gasteiger partial charge >= 0.3 is 12.4 Å². The summed E-state index contributed by atoms with van der Waals surface area (Å²) >= 11 is 0. The number of rotatable bonds is 3. The Bertz CT molecular complexity index is 1130. The molecule has 13 heteroatoms. The highest BCUT2D eigenvalue weighted by atomic mass is 19.4. The predicted octanol–water partition coefficient (Wildman–Crippen LogP) is 6.23. The van der Waals surface area contributed by atoms with Gasteiger partial charge in [-0.25, -0.2) is 0 Å². The van der Waals surface area contributed by atoms with Crippen LogP contribution in [0.25, 0.3) is 10.9 Å². The summed E-state index contributed by atoms with van der Waals surface area (Å²) in [7, 11) is 0. The number of nitrogens with one attached hydrogen (secondary N) is 1. The lowest BCUT2D eigenvalue weighted by atomic mass is 10.0. The second-order valence-electron chi connectivity index (χ2n) is 5.71. The average molecular weight is 418 g/mol. The van der Waals surface area contributed by atoms with Crippen LogP contribution in [-0.4, -0.2) is 15.0 Å². The number of fused-ring (bicyclic) bond motifs is 1. The van der Waals surface area contributed by atoms with Crippen LogP contribution >= 0.6 is 0 Å². The highest BCUT2D eigenvalue weighted by molar-refractivity contribution is 5.97. The number of hydrogen-bond acceptors (Lipinski definition) is 5. The first kappa shape index (κ1) is 20.1. The molecule has 0 unspecified atom stereocenters. The summed E-state index contributed by atoms with van der Waals surface area (Å²) in [5.41, 5.74) is -5.60. The SMILES string of the molecule is O=[N+]([O-])c1ccccc1N=Nc1c(O)[nH]c2cc(C(F)(F)F)cc(C(F)(F)F)c12. The zero-order chi connectivity index (χ0) is 21.6. The van der Waals surface area contributed by atoms with E-state index >= 15 is 0 Å². The molecule has 2 aromatic carbocycles. The molecule has 0 aliphatic rings. The Morgan fingerprint density at radius 1 is 1.00 bits per heavy atom. The van der Waals surface area contributed by atoms with E-state index in [1.807, 2.05) is 4.98 Å². The Morgan fingerprint density at radius 3 is 2.24 bits per heavy atom. The van der Waals surface area contributed by atoms with Crippen molar-refractivity contribution in [3.8, 4) is 5.88 Å². The Hall–Kier alpha value is -3.64. The summed E-state index contributed by atoms with van der Waals surface area (Å²) in [6.45, 7) is 0. The van der Waals surface area contributed by atoms with Crippen LogP contribution in [-0.2, 0) is 12.4 Å². The highest BCUT2D eigenvalue weighted by Gasteiger charge is 2.39. The Balaban J connectivity index is 2.25. The van der Waals surface area contributed by atoms with Crippen LogP contribution in [0.1, 0.15) is 11.1 Å². The number of nitro groups is 1. The molecule has 0 atom stereocenters.